The summed E-state index contributed by atoms with van der Waals surface area (Å²) >= 11 is 0. The average Bonchev–Trinajstić information content (AvgIpc) is 2.77. The zero-order valence-corrected chi connectivity index (χ0v) is 10.3. The predicted molar refractivity (Wildman–Crippen MR) is 65.6 cm³/mol. The topological polar surface area (TPSA) is 95.3 Å². The minimum Gasteiger partial charge on any atom is -0.477 e. The van der Waals surface area contributed by atoms with Crippen LogP contribution >= 0.6 is 0 Å². The Kier molecular flexibility index (Phi) is 3.47. The van der Waals surface area contributed by atoms with Crippen LogP contribution in [0.4, 0.5) is 5.95 Å². The summed E-state index contributed by atoms with van der Waals surface area (Å²) in [6.45, 7) is 1.73. The quantitative estimate of drug-likeness (QED) is 0.744. The van der Waals surface area contributed by atoms with Crippen LogP contribution < -0.4 is 5.32 Å². The van der Waals surface area contributed by atoms with Crippen molar-refractivity contribution in [2.24, 2.45) is 0 Å². The Hall–Kier alpha value is -1.69. The van der Waals surface area contributed by atoms with Gasteiger partial charge in [-0.2, -0.15) is 0 Å². The zero-order chi connectivity index (χ0) is 13.2. The van der Waals surface area contributed by atoms with Crippen molar-refractivity contribution in [2.75, 3.05) is 11.9 Å². The SMILES string of the molecule is Cc1cc(C(=O)O)nc(NC2(CO)CCCC2)n1. The van der Waals surface area contributed by atoms with E-state index in [2.05, 4.69) is 15.3 Å². The van der Waals surface area contributed by atoms with Gasteiger partial charge in [-0.15, -0.1) is 0 Å². The zero-order valence-electron chi connectivity index (χ0n) is 10.3. The van der Waals surface area contributed by atoms with Crippen LogP contribution in [-0.4, -0.2) is 38.3 Å². The second-order valence-electron chi connectivity index (χ2n) is 4.79. The Balaban J connectivity index is 2.25. The number of rotatable bonds is 4. The van der Waals surface area contributed by atoms with Crippen LogP contribution in [0, 0.1) is 6.92 Å². The molecule has 0 aromatic carbocycles. The number of carbonyl (C=O) groups is 1. The maximum Gasteiger partial charge on any atom is 0.354 e. The van der Waals surface area contributed by atoms with Crippen LogP contribution in [0.2, 0.25) is 0 Å². The van der Waals surface area contributed by atoms with Crippen molar-refractivity contribution in [2.45, 2.75) is 38.1 Å². The van der Waals surface area contributed by atoms with Crippen molar-refractivity contribution in [3.8, 4) is 0 Å². The number of carboxylic acids is 1. The lowest BCUT2D eigenvalue weighted by Gasteiger charge is -2.28. The predicted octanol–water partition coefficient (Wildman–Crippen LogP) is 1.20. The first kappa shape index (κ1) is 12.8. The molecule has 1 aromatic rings. The molecule has 3 N–H and O–H groups in total. The van der Waals surface area contributed by atoms with Gasteiger partial charge in [-0.05, 0) is 25.8 Å². The maximum atomic E-state index is 10.9. The van der Waals surface area contributed by atoms with Gasteiger partial charge in [0.25, 0.3) is 0 Å². The molecule has 1 heterocycles. The number of aromatic carboxylic acids is 1. The number of aromatic nitrogens is 2. The Morgan fingerprint density at radius 3 is 2.67 bits per heavy atom. The third-order valence-electron chi connectivity index (χ3n) is 3.31. The van der Waals surface area contributed by atoms with Crippen LogP contribution in [0.1, 0.15) is 41.9 Å². The highest BCUT2D eigenvalue weighted by atomic mass is 16.4. The molecular formula is C12H17N3O3. The van der Waals surface area contributed by atoms with Gasteiger partial charge in [0.1, 0.15) is 0 Å². The summed E-state index contributed by atoms with van der Waals surface area (Å²) in [7, 11) is 0. The molecule has 18 heavy (non-hydrogen) atoms. The molecule has 2 rings (SSSR count). The Morgan fingerprint density at radius 2 is 2.11 bits per heavy atom. The monoisotopic (exact) mass is 251 g/mol. The fourth-order valence-electron chi connectivity index (χ4n) is 2.35. The molecule has 0 bridgehead atoms. The summed E-state index contributed by atoms with van der Waals surface area (Å²) in [5.41, 5.74) is 0.163. The number of hydrogen-bond donors (Lipinski definition) is 3. The van der Waals surface area contributed by atoms with Crippen molar-refractivity contribution in [1.29, 1.82) is 0 Å². The van der Waals surface area contributed by atoms with Crippen LogP contribution in [0.3, 0.4) is 0 Å². The molecule has 0 spiro atoms. The Bertz CT molecular complexity index is 456. The van der Waals surface area contributed by atoms with Gasteiger partial charge in [-0.1, -0.05) is 12.8 Å². The van der Waals surface area contributed by atoms with Gasteiger partial charge >= 0.3 is 5.97 Å². The molecule has 6 heteroatoms. The molecule has 6 nitrogen and oxygen atoms in total. The van der Waals surface area contributed by atoms with Crippen LogP contribution in [0.5, 0.6) is 0 Å². The molecule has 1 saturated carbocycles. The number of carboxylic acid groups (broad SMARTS) is 1. The van der Waals surface area contributed by atoms with Crippen molar-refractivity contribution >= 4 is 11.9 Å². The standard InChI is InChI=1S/C12H17N3O3/c1-8-6-9(10(17)18)14-11(13-8)15-12(7-16)4-2-3-5-12/h6,16H,2-5,7H2,1H3,(H,17,18)(H,13,14,15). The summed E-state index contributed by atoms with van der Waals surface area (Å²) < 4.78 is 0. The smallest absolute Gasteiger partial charge is 0.354 e. The maximum absolute atomic E-state index is 10.9. The average molecular weight is 251 g/mol. The number of nitrogens with one attached hydrogen (secondary N) is 1. The van der Waals surface area contributed by atoms with E-state index in [1.54, 1.807) is 6.92 Å². The van der Waals surface area contributed by atoms with E-state index in [0.29, 0.717) is 5.69 Å². The molecule has 0 amide bonds. The fraction of sp³-hybridized carbons (Fsp3) is 0.583. The summed E-state index contributed by atoms with van der Waals surface area (Å²) in [4.78, 5) is 19.1. The third-order valence-corrected chi connectivity index (χ3v) is 3.31. The van der Waals surface area contributed by atoms with Crippen molar-refractivity contribution in [3.05, 3.63) is 17.5 Å². The van der Waals surface area contributed by atoms with E-state index < -0.39 is 11.5 Å². The van der Waals surface area contributed by atoms with Crippen LogP contribution in [0.15, 0.2) is 6.07 Å². The number of aryl methyl sites for hydroxylation is 1. The first-order valence-corrected chi connectivity index (χ1v) is 6.03. The molecule has 0 aliphatic heterocycles. The van der Waals surface area contributed by atoms with Crippen molar-refractivity contribution in [3.63, 3.8) is 0 Å². The molecular weight excluding hydrogens is 234 g/mol. The van der Waals surface area contributed by atoms with E-state index in [9.17, 15) is 9.90 Å². The first-order valence-electron chi connectivity index (χ1n) is 6.03. The lowest BCUT2D eigenvalue weighted by Crippen LogP contribution is -2.39. The summed E-state index contributed by atoms with van der Waals surface area (Å²) in [5.74, 6) is -0.795. The molecule has 0 saturated heterocycles. The Morgan fingerprint density at radius 1 is 1.44 bits per heavy atom. The van der Waals surface area contributed by atoms with E-state index in [4.69, 9.17) is 5.11 Å². The molecule has 1 aliphatic rings. The highest BCUT2D eigenvalue weighted by Gasteiger charge is 2.33. The van der Waals surface area contributed by atoms with E-state index >= 15 is 0 Å². The van der Waals surface area contributed by atoms with E-state index in [0.717, 1.165) is 25.7 Å². The largest absolute Gasteiger partial charge is 0.477 e. The number of aliphatic hydroxyl groups excluding tert-OH is 1. The molecule has 0 unspecified atom stereocenters. The molecule has 1 aromatic heterocycles. The molecule has 1 fully saturated rings. The first-order chi connectivity index (χ1) is 8.54. The van der Waals surface area contributed by atoms with Crippen LogP contribution in [-0.2, 0) is 0 Å². The number of anilines is 1. The van der Waals surface area contributed by atoms with Gasteiger partial charge in [0.15, 0.2) is 5.69 Å². The van der Waals surface area contributed by atoms with Gasteiger partial charge in [0.2, 0.25) is 5.95 Å². The third kappa shape index (κ3) is 2.59. The van der Waals surface area contributed by atoms with Gasteiger partial charge in [-0.25, -0.2) is 14.8 Å². The van der Waals surface area contributed by atoms with E-state index in [1.807, 2.05) is 0 Å². The number of aliphatic hydroxyl groups is 1. The van der Waals surface area contributed by atoms with E-state index in [1.165, 1.54) is 6.07 Å². The second kappa shape index (κ2) is 4.89. The van der Waals surface area contributed by atoms with Gasteiger partial charge in [0.05, 0.1) is 12.1 Å². The van der Waals surface area contributed by atoms with Gasteiger partial charge < -0.3 is 15.5 Å². The highest BCUT2D eigenvalue weighted by Crippen LogP contribution is 2.31. The summed E-state index contributed by atoms with van der Waals surface area (Å²) in [5, 5.41) is 21.5. The van der Waals surface area contributed by atoms with Crippen molar-refractivity contribution in [1.82, 2.24) is 9.97 Å². The highest BCUT2D eigenvalue weighted by molar-refractivity contribution is 5.85. The number of nitrogens with zero attached hydrogens (tertiary/aromatic N) is 2. The molecule has 0 radical (unpaired) electrons. The lowest BCUT2D eigenvalue weighted by atomic mass is 9.99. The Labute approximate surface area is 105 Å². The normalized spacial score (nSPS) is 17.7. The molecule has 0 atom stereocenters. The lowest BCUT2D eigenvalue weighted by molar-refractivity contribution is 0.0690. The van der Waals surface area contributed by atoms with Gasteiger partial charge in [0, 0.05) is 5.69 Å². The second-order valence-corrected chi connectivity index (χ2v) is 4.79. The van der Waals surface area contributed by atoms with Crippen molar-refractivity contribution < 1.29 is 15.0 Å². The fourth-order valence-corrected chi connectivity index (χ4v) is 2.35. The van der Waals surface area contributed by atoms with E-state index in [-0.39, 0.29) is 18.2 Å². The minimum atomic E-state index is -1.08. The molecule has 1 aliphatic carbocycles. The summed E-state index contributed by atoms with van der Waals surface area (Å²) in [6.07, 6.45) is 3.79. The number of hydrogen-bond acceptors (Lipinski definition) is 5. The van der Waals surface area contributed by atoms with Crippen LogP contribution in [0.25, 0.3) is 0 Å². The summed E-state index contributed by atoms with van der Waals surface area (Å²) in [6, 6.07) is 1.42. The minimum absolute atomic E-state index is 0.00665. The molecule has 98 valence electrons. The van der Waals surface area contributed by atoms with Gasteiger partial charge in [-0.3, -0.25) is 0 Å².